The van der Waals surface area contributed by atoms with Crippen LogP contribution in [-0.4, -0.2) is 22.6 Å². The highest BCUT2D eigenvalue weighted by molar-refractivity contribution is 5.81. The third kappa shape index (κ3) is 3.11. The number of carbonyl (C=O) groups excluding carboxylic acids is 1. The van der Waals surface area contributed by atoms with Crippen molar-refractivity contribution in [3.8, 4) is 5.75 Å². The van der Waals surface area contributed by atoms with Crippen LogP contribution in [0.1, 0.15) is 24.4 Å². The average Bonchev–Trinajstić information content (AvgIpc) is 2.90. The predicted octanol–water partition coefficient (Wildman–Crippen LogP) is 3.23. The van der Waals surface area contributed by atoms with Crippen molar-refractivity contribution >= 4 is 16.9 Å². The molecule has 124 valence electrons. The van der Waals surface area contributed by atoms with E-state index in [1.807, 2.05) is 66.9 Å². The van der Waals surface area contributed by atoms with Crippen LogP contribution < -0.4 is 10.1 Å². The molecule has 0 bridgehead atoms. The molecule has 0 saturated heterocycles. The number of ether oxygens (including phenoxy) is 1. The lowest BCUT2D eigenvalue weighted by atomic mass is 10.1. The number of nitrogens with zero attached hydrogens (tertiary/aromatic N) is 2. The summed E-state index contributed by atoms with van der Waals surface area (Å²) < 4.78 is 7.29. The molecule has 0 radical (unpaired) electrons. The zero-order valence-corrected chi connectivity index (χ0v) is 14.1. The first-order valence-corrected chi connectivity index (χ1v) is 7.94. The number of methoxy groups -OCH3 is 1. The number of para-hydroxylation sites is 3. The van der Waals surface area contributed by atoms with Crippen molar-refractivity contribution in [3.05, 3.63) is 59.9 Å². The second-order valence-corrected chi connectivity index (χ2v) is 5.77. The van der Waals surface area contributed by atoms with Crippen LogP contribution in [0.25, 0.3) is 11.0 Å². The lowest BCUT2D eigenvalue weighted by Gasteiger charge is -2.17. The molecule has 0 fully saturated rings. The average molecular weight is 323 g/mol. The lowest BCUT2D eigenvalue weighted by Crippen LogP contribution is -2.30. The molecule has 0 saturated carbocycles. The number of fused-ring (bicyclic) bond motifs is 1. The molecule has 1 heterocycles. The van der Waals surface area contributed by atoms with Gasteiger partial charge in [-0.25, -0.2) is 4.98 Å². The van der Waals surface area contributed by atoms with E-state index in [2.05, 4.69) is 10.3 Å². The molecular formula is C19H21N3O2. The molecule has 0 spiro atoms. The first-order chi connectivity index (χ1) is 11.6. The van der Waals surface area contributed by atoms with Crippen LogP contribution in [-0.2, 0) is 11.3 Å². The first-order valence-electron chi connectivity index (χ1n) is 7.94. The number of carbonyl (C=O) groups is 1. The van der Waals surface area contributed by atoms with E-state index in [1.165, 1.54) is 0 Å². The summed E-state index contributed by atoms with van der Waals surface area (Å²) in [6.07, 6.45) is 0. The van der Waals surface area contributed by atoms with Crippen molar-refractivity contribution in [3.63, 3.8) is 0 Å². The Morgan fingerprint density at radius 2 is 1.92 bits per heavy atom. The van der Waals surface area contributed by atoms with Gasteiger partial charge in [0, 0.05) is 5.56 Å². The summed E-state index contributed by atoms with van der Waals surface area (Å²) in [5.41, 5.74) is 2.83. The maximum atomic E-state index is 12.5. The van der Waals surface area contributed by atoms with Gasteiger partial charge in [0.2, 0.25) is 5.91 Å². The molecule has 2 aromatic carbocycles. The largest absolute Gasteiger partial charge is 0.496 e. The summed E-state index contributed by atoms with van der Waals surface area (Å²) in [5.74, 6) is 1.55. The molecule has 1 aromatic heterocycles. The van der Waals surface area contributed by atoms with Gasteiger partial charge in [-0.05, 0) is 32.0 Å². The van der Waals surface area contributed by atoms with E-state index >= 15 is 0 Å². The van der Waals surface area contributed by atoms with Crippen molar-refractivity contribution < 1.29 is 9.53 Å². The molecule has 1 unspecified atom stereocenters. The highest BCUT2D eigenvalue weighted by Crippen LogP contribution is 2.24. The minimum Gasteiger partial charge on any atom is -0.496 e. The quantitative estimate of drug-likeness (QED) is 0.784. The van der Waals surface area contributed by atoms with Gasteiger partial charge in [-0.1, -0.05) is 30.3 Å². The Bertz CT molecular complexity index is 870. The zero-order chi connectivity index (χ0) is 17.1. The minimum atomic E-state index is -0.135. The van der Waals surface area contributed by atoms with E-state index in [-0.39, 0.29) is 18.5 Å². The second-order valence-electron chi connectivity index (χ2n) is 5.77. The molecule has 1 atom stereocenters. The van der Waals surface area contributed by atoms with Gasteiger partial charge in [-0.2, -0.15) is 0 Å². The molecule has 5 nitrogen and oxygen atoms in total. The van der Waals surface area contributed by atoms with Crippen molar-refractivity contribution in [1.29, 1.82) is 0 Å². The van der Waals surface area contributed by atoms with Gasteiger partial charge >= 0.3 is 0 Å². The van der Waals surface area contributed by atoms with Crippen molar-refractivity contribution in [2.24, 2.45) is 0 Å². The molecule has 5 heteroatoms. The third-order valence-electron chi connectivity index (χ3n) is 4.13. The van der Waals surface area contributed by atoms with Crippen LogP contribution in [0, 0.1) is 6.92 Å². The fraction of sp³-hybridized carbons (Fsp3) is 0.263. The SMILES string of the molecule is COc1ccccc1C(C)NC(=O)Cn1c(C)nc2ccccc21. The molecule has 3 aromatic rings. The number of rotatable bonds is 5. The third-order valence-corrected chi connectivity index (χ3v) is 4.13. The topological polar surface area (TPSA) is 56.1 Å². The van der Waals surface area contributed by atoms with Gasteiger partial charge in [0.15, 0.2) is 0 Å². The van der Waals surface area contributed by atoms with E-state index in [4.69, 9.17) is 4.74 Å². The van der Waals surface area contributed by atoms with Gasteiger partial charge in [-0.15, -0.1) is 0 Å². The first kappa shape index (κ1) is 16.1. The maximum absolute atomic E-state index is 12.5. The zero-order valence-electron chi connectivity index (χ0n) is 14.1. The van der Waals surface area contributed by atoms with Gasteiger partial charge in [0.05, 0.1) is 24.2 Å². The standard InChI is InChI=1S/C19H21N3O2/c1-13(15-8-4-7-11-18(15)24-3)20-19(23)12-22-14(2)21-16-9-5-6-10-17(16)22/h4-11,13H,12H2,1-3H3,(H,20,23). The highest BCUT2D eigenvalue weighted by atomic mass is 16.5. The number of nitrogens with one attached hydrogen (secondary N) is 1. The van der Waals surface area contributed by atoms with Crippen molar-refractivity contribution in [2.45, 2.75) is 26.4 Å². The van der Waals surface area contributed by atoms with Gasteiger partial charge < -0.3 is 14.6 Å². The Hall–Kier alpha value is -2.82. The fourth-order valence-corrected chi connectivity index (χ4v) is 2.93. The van der Waals surface area contributed by atoms with Gasteiger partial charge in [-0.3, -0.25) is 4.79 Å². The number of hydrogen-bond acceptors (Lipinski definition) is 3. The summed E-state index contributed by atoms with van der Waals surface area (Å²) in [7, 11) is 1.63. The molecular weight excluding hydrogens is 302 g/mol. The van der Waals surface area contributed by atoms with Gasteiger partial charge in [0.25, 0.3) is 0 Å². The van der Waals surface area contributed by atoms with Crippen LogP contribution in [0.5, 0.6) is 5.75 Å². The summed E-state index contributed by atoms with van der Waals surface area (Å²) >= 11 is 0. The van der Waals surface area contributed by atoms with E-state index < -0.39 is 0 Å². The van der Waals surface area contributed by atoms with Crippen LogP contribution >= 0.6 is 0 Å². The molecule has 24 heavy (non-hydrogen) atoms. The molecule has 3 rings (SSSR count). The summed E-state index contributed by atoms with van der Waals surface area (Å²) in [6.45, 7) is 4.11. The van der Waals surface area contributed by atoms with Crippen LogP contribution in [0.4, 0.5) is 0 Å². The molecule has 1 amide bonds. The second kappa shape index (κ2) is 6.74. The maximum Gasteiger partial charge on any atom is 0.240 e. The van der Waals surface area contributed by atoms with Crippen LogP contribution in [0.2, 0.25) is 0 Å². The Morgan fingerprint density at radius 1 is 1.21 bits per heavy atom. The Kier molecular flexibility index (Phi) is 4.51. The summed E-state index contributed by atoms with van der Waals surface area (Å²) in [6, 6.07) is 15.4. The minimum absolute atomic E-state index is 0.0559. The normalized spacial score (nSPS) is 12.1. The van der Waals surface area contributed by atoms with E-state index in [0.717, 1.165) is 28.2 Å². The smallest absolute Gasteiger partial charge is 0.240 e. The molecule has 0 aliphatic rings. The molecule has 0 aliphatic heterocycles. The monoisotopic (exact) mass is 323 g/mol. The van der Waals surface area contributed by atoms with Crippen LogP contribution in [0.15, 0.2) is 48.5 Å². The van der Waals surface area contributed by atoms with Crippen molar-refractivity contribution in [2.75, 3.05) is 7.11 Å². The Morgan fingerprint density at radius 3 is 2.71 bits per heavy atom. The summed E-state index contributed by atoms with van der Waals surface area (Å²) in [4.78, 5) is 17.0. The number of amides is 1. The number of hydrogen-bond donors (Lipinski definition) is 1. The van der Waals surface area contributed by atoms with Crippen LogP contribution in [0.3, 0.4) is 0 Å². The Labute approximate surface area is 141 Å². The van der Waals surface area contributed by atoms with E-state index in [9.17, 15) is 4.79 Å². The number of aromatic nitrogens is 2. The molecule has 0 aliphatic carbocycles. The summed E-state index contributed by atoms with van der Waals surface area (Å²) in [5, 5.41) is 3.03. The molecule has 1 N–H and O–H groups in total. The number of aryl methyl sites for hydroxylation is 1. The van der Waals surface area contributed by atoms with Crippen molar-refractivity contribution in [1.82, 2.24) is 14.9 Å². The fourth-order valence-electron chi connectivity index (χ4n) is 2.93. The predicted molar refractivity (Wildman–Crippen MR) is 94.0 cm³/mol. The van der Waals surface area contributed by atoms with E-state index in [1.54, 1.807) is 7.11 Å². The van der Waals surface area contributed by atoms with E-state index in [0.29, 0.717) is 0 Å². The van der Waals surface area contributed by atoms with Gasteiger partial charge in [0.1, 0.15) is 18.1 Å². The Balaban J connectivity index is 1.76. The highest BCUT2D eigenvalue weighted by Gasteiger charge is 2.15. The number of imidazole rings is 1. The lowest BCUT2D eigenvalue weighted by molar-refractivity contribution is -0.122. The number of benzene rings is 2.